The number of nitrogens with zero attached hydrogens (tertiary/aromatic N) is 2. The highest BCUT2D eigenvalue weighted by molar-refractivity contribution is 9.10. The number of anilines is 2. The van der Waals surface area contributed by atoms with Gasteiger partial charge in [-0.15, -0.1) is 0 Å². The third-order valence-electron chi connectivity index (χ3n) is 1.86. The lowest BCUT2D eigenvalue weighted by molar-refractivity contribution is 0.118. The van der Waals surface area contributed by atoms with Crippen molar-refractivity contribution in [2.75, 3.05) is 30.5 Å². The van der Waals surface area contributed by atoms with Gasteiger partial charge >= 0.3 is 0 Å². The van der Waals surface area contributed by atoms with Gasteiger partial charge in [0.25, 0.3) is 0 Å². The van der Waals surface area contributed by atoms with E-state index >= 15 is 0 Å². The number of hydrogen-bond donors (Lipinski definition) is 3. The van der Waals surface area contributed by atoms with Gasteiger partial charge in [-0.3, -0.25) is 5.43 Å². The summed E-state index contributed by atoms with van der Waals surface area (Å²) in [5, 5.41) is 3.14. The highest BCUT2D eigenvalue weighted by Crippen LogP contribution is 2.19. The highest BCUT2D eigenvalue weighted by atomic mass is 79.9. The molecule has 0 aliphatic heterocycles. The Morgan fingerprint density at radius 2 is 2.29 bits per heavy atom. The Morgan fingerprint density at radius 3 is 2.94 bits per heavy atom. The van der Waals surface area contributed by atoms with Crippen LogP contribution in [0.3, 0.4) is 0 Å². The number of ether oxygens (including phenoxy) is 1. The zero-order chi connectivity index (χ0) is 12.7. The second-order valence-electron chi connectivity index (χ2n) is 3.93. The Balaban J connectivity index is 2.35. The molecule has 0 saturated heterocycles. The normalized spacial score (nSPS) is 10.6. The first-order valence-electron chi connectivity index (χ1n) is 5.44. The topological polar surface area (TPSA) is 85.1 Å². The summed E-state index contributed by atoms with van der Waals surface area (Å²) in [6, 6.07) is 0. The standard InChI is InChI=1S/C10H18BrN5O/c1-7(2)6-17-4-3-13-9-8(11)5-14-10(15-9)16-12/h5,7H,3-4,6,12H2,1-2H3,(H2,13,14,15,16). The van der Waals surface area contributed by atoms with Gasteiger partial charge in [-0.25, -0.2) is 10.8 Å². The first-order chi connectivity index (χ1) is 8.13. The SMILES string of the molecule is CC(C)COCCNc1nc(NN)ncc1Br. The molecule has 1 aromatic rings. The number of hydrazine groups is 1. The molecule has 0 amide bonds. The zero-order valence-electron chi connectivity index (χ0n) is 10.0. The van der Waals surface area contributed by atoms with Crippen LogP contribution in [0.1, 0.15) is 13.8 Å². The van der Waals surface area contributed by atoms with Crippen molar-refractivity contribution < 1.29 is 4.74 Å². The maximum absolute atomic E-state index is 5.45. The first-order valence-corrected chi connectivity index (χ1v) is 6.23. The third-order valence-corrected chi connectivity index (χ3v) is 2.44. The molecule has 0 radical (unpaired) electrons. The van der Waals surface area contributed by atoms with Crippen LogP contribution in [0.15, 0.2) is 10.7 Å². The molecule has 17 heavy (non-hydrogen) atoms. The van der Waals surface area contributed by atoms with E-state index < -0.39 is 0 Å². The fourth-order valence-electron chi connectivity index (χ4n) is 1.12. The number of halogens is 1. The largest absolute Gasteiger partial charge is 0.379 e. The van der Waals surface area contributed by atoms with Crippen LogP contribution in [0.5, 0.6) is 0 Å². The molecule has 0 saturated carbocycles. The number of nitrogens with one attached hydrogen (secondary N) is 2. The van der Waals surface area contributed by atoms with Crippen molar-refractivity contribution in [3.05, 3.63) is 10.7 Å². The van der Waals surface area contributed by atoms with E-state index in [1.54, 1.807) is 6.20 Å². The summed E-state index contributed by atoms with van der Waals surface area (Å²) < 4.78 is 6.24. The van der Waals surface area contributed by atoms with Crippen molar-refractivity contribution in [2.45, 2.75) is 13.8 Å². The summed E-state index contributed by atoms with van der Waals surface area (Å²) in [5.41, 5.74) is 2.40. The van der Waals surface area contributed by atoms with Crippen LogP contribution in [-0.2, 0) is 4.74 Å². The number of nitrogens with two attached hydrogens (primary N) is 1. The Kier molecular flexibility index (Phi) is 6.17. The number of hydrogen-bond acceptors (Lipinski definition) is 6. The Hall–Kier alpha value is -0.920. The fourth-order valence-corrected chi connectivity index (χ4v) is 1.45. The molecule has 4 N–H and O–H groups in total. The van der Waals surface area contributed by atoms with Gasteiger partial charge in [-0.05, 0) is 21.8 Å². The maximum atomic E-state index is 5.45. The van der Waals surface area contributed by atoms with Crippen molar-refractivity contribution in [3.8, 4) is 0 Å². The Labute approximate surface area is 109 Å². The molecule has 0 spiro atoms. The maximum Gasteiger partial charge on any atom is 0.239 e. The number of rotatable bonds is 7. The summed E-state index contributed by atoms with van der Waals surface area (Å²) in [4.78, 5) is 8.12. The van der Waals surface area contributed by atoms with Gasteiger partial charge in [0.15, 0.2) is 0 Å². The number of nitrogen functional groups attached to an aromatic ring is 1. The molecule has 0 atom stereocenters. The Bertz CT molecular complexity index is 347. The van der Waals surface area contributed by atoms with E-state index in [9.17, 15) is 0 Å². The van der Waals surface area contributed by atoms with E-state index in [-0.39, 0.29) is 0 Å². The van der Waals surface area contributed by atoms with E-state index in [4.69, 9.17) is 10.6 Å². The van der Waals surface area contributed by atoms with E-state index in [1.165, 1.54) is 0 Å². The van der Waals surface area contributed by atoms with Crippen molar-refractivity contribution in [1.82, 2.24) is 9.97 Å². The monoisotopic (exact) mass is 303 g/mol. The van der Waals surface area contributed by atoms with Gasteiger partial charge in [0.05, 0.1) is 11.1 Å². The summed E-state index contributed by atoms with van der Waals surface area (Å²) in [6.07, 6.45) is 1.64. The van der Waals surface area contributed by atoms with Crippen LogP contribution in [-0.4, -0.2) is 29.7 Å². The highest BCUT2D eigenvalue weighted by Gasteiger charge is 2.03. The second kappa shape index (κ2) is 7.41. The zero-order valence-corrected chi connectivity index (χ0v) is 11.6. The van der Waals surface area contributed by atoms with Crippen LogP contribution in [0.25, 0.3) is 0 Å². The number of aromatic nitrogens is 2. The van der Waals surface area contributed by atoms with Gasteiger partial charge in [0.2, 0.25) is 5.95 Å². The lowest BCUT2D eigenvalue weighted by Gasteiger charge is -2.10. The van der Waals surface area contributed by atoms with E-state index in [1.807, 2.05) is 0 Å². The minimum atomic E-state index is 0.374. The van der Waals surface area contributed by atoms with Crippen LogP contribution < -0.4 is 16.6 Å². The van der Waals surface area contributed by atoms with E-state index in [0.29, 0.717) is 30.8 Å². The van der Waals surface area contributed by atoms with Crippen LogP contribution >= 0.6 is 15.9 Å². The van der Waals surface area contributed by atoms with Gasteiger partial charge < -0.3 is 10.1 Å². The molecule has 7 heteroatoms. The molecule has 0 unspecified atom stereocenters. The average Bonchev–Trinajstić information content (AvgIpc) is 2.30. The van der Waals surface area contributed by atoms with Crippen LogP contribution in [0.4, 0.5) is 11.8 Å². The lowest BCUT2D eigenvalue weighted by Crippen LogP contribution is -2.15. The summed E-state index contributed by atoms with van der Waals surface area (Å²) in [6.45, 7) is 6.33. The average molecular weight is 304 g/mol. The molecule has 0 aliphatic rings. The van der Waals surface area contributed by atoms with Crippen molar-refractivity contribution in [1.29, 1.82) is 0 Å². The molecule has 0 bridgehead atoms. The summed E-state index contributed by atoms with van der Waals surface area (Å²) in [7, 11) is 0. The summed E-state index contributed by atoms with van der Waals surface area (Å²) in [5.74, 6) is 6.85. The predicted octanol–water partition coefficient (Wildman–Crippen LogP) is 1.61. The Morgan fingerprint density at radius 1 is 1.53 bits per heavy atom. The quantitative estimate of drug-likeness (QED) is 0.403. The molecule has 1 aromatic heterocycles. The van der Waals surface area contributed by atoms with Gasteiger partial charge in [0.1, 0.15) is 5.82 Å². The molecule has 1 heterocycles. The molecule has 6 nitrogen and oxygen atoms in total. The molecular weight excluding hydrogens is 286 g/mol. The second-order valence-corrected chi connectivity index (χ2v) is 4.78. The minimum absolute atomic E-state index is 0.374. The smallest absolute Gasteiger partial charge is 0.239 e. The predicted molar refractivity (Wildman–Crippen MR) is 71.7 cm³/mol. The molecular formula is C10H18BrN5O. The minimum Gasteiger partial charge on any atom is -0.379 e. The van der Waals surface area contributed by atoms with E-state index in [0.717, 1.165) is 11.1 Å². The molecule has 1 rings (SSSR count). The van der Waals surface area contributed by atoms with Gasteiger partial charge in [-0.1, -0.05) is 13.8 Å². The lowest BCUT2D eigenvalue weighted by atomic mass is 10.2. The van der Waals surface area contributed by atoms with Crippen molar-refractivity contribution >= 4 is 27.7 Å². The van der Waals surface area contributed by atoms with Crippen LogP contribution in [0.2, 0.25) is 0 Å². The fraction of sp³-hybridized carbons (Fsp3) is 0.600. The van der Waals surface area contributed by atoms with Crippen molar-refractivity contribution in [2.24, 2.45) is 11.8 Å². The molecule has 96 valence electrons. The molecule has 0 fully saturated rings. The van der Waals surface area contributed by atoms with Crippen LogP contribution in [0, 0.1) is 5.92 Å². The third kappa shape index (κ3) is 5.29. The van der Waals surface area contributed by atoms with Gasteiger partial charge in [-0.2, -0.15) is 4.98 Å². The van der Waals surface area contributed by atoms with Gasteiger partial charge in [0, 0.05) is 19.3 Å². The van der Waals surface area contributed by atoms with Crippen molar-refractivity contribution in [3.63, 3.8) is 0 Å². The van der Waals surface area contributed by atoms with E-state index in [2.05, 4.69) is 50.5 Å². The first kappa shape index (κ1) is 14.1. The summed E-state index contributed by atoms with van der Waals surface area (Å²) >= 11 is 3.36. The molecule has 0 aliphatic carbocycles. The molecule has 0 aromatic carbocycles.